The molecule has 1 aromatic rings. The molecule has 0 saturated heterocycles. The zero-order valence-electron chi connectivity index (χ0n) is 9.07. The lowest BCUT2D eigenvalue weighted by Gasteiger charge is -2.26. The number of carbonyl (C=O) groups is 1. The molecule has 0 saturated carbocycles. The van der Waals surface area contributed by atoms with E-state index < -0.39 is 0 Å². The van der Waals surface area contributed by atoms with Gasteiger partial charge in [0.05, 0.1) is 16.1 Å². The van der Waals surface area contributed by atoms with Crippen LogP contribution in [0.4, 0.5) is 0 Å². The van der Waals surface area contributed by atoms with Crippen LogP contribution in [0.2, 0.25) is 10.0 Å². The van der Waals surface area contributed by atoms with Crippen LogP contribution in [0.15, 0.2) is 18.2 Å². The van der Waals surface area contributed by atoms with E-state index in [0.29, 0.717) is 26.3 Å². The van der Waals surface area contributed by atoms with E-state index in [-0.39, 0.29) is 11.4 Å². The zero-order chi connectivity index (χ0) is 13.1. The Hall–Kier alpha value is 0.230. The van der Waals surface area contributed by atoms with Crippen molar-refractivity contribution >= 4 is 61.0 Å². The third-order valence-electron chi connectivity index (χ3n) is 2.18. The second kappa shape index (κ2) is 6.41. The first-order valence-electron chi connectivity index (χ1n) is 4.81. The van der Waals surface area contributed by atoms with Crippen molar-refractivity contribution in [3.8, 4) is 0 Å². The van der Waals surface area contributed by atoms with Crippen molar-refractivity contribution in [3.05, 3.63) is 33.8 Å². The molecule has 0 bridgehead atoms. The smallest absolute Gasteiger partial charge is 0.253 e. The highest BCUT2D eigenvalue weighted by Crippen LogP contribution is 2.22. The minimum atomic E-state index is -0.372. The molecule has 0 unspecified atom stereocenters. The Kier molecular flexibility index (Phi) is 5.77. The Balaban J connectivity index is 2.94. The number of benzene rings is 1. The van der Waals surface area contributed by atoms with Crippen LogP contribution in [-0.2, 0) is 0 Å². The van der Waals surface area contributed by atoms with E-state index in [4.69, 9.17) is 23.2 Å². The van der Waals surface area contributed by atoms with E-state index in [1.54, 1.807) is 18.2 Å². The lowest BCUT2D eigenvalue weighted by atomic mass is 10.1. The number of rotatable bonds is 4. The van der Waals surface area contributed by atoms with Gasteiger partial charge in [-0.05, 0) is 25.1 Å². The molecule has 0 heterocycles. The first-order valence-corrected chi connectivity index (χ1v) is 7.81. The van der Waals surface area contributed by atoms with Gasteiger partial charge in [-0.15, -0.1) is 0 Å². The van der Waals surface area contributed by atoms with Gasteiger partial charge in [-0.2, -0.15) is 0 Å². The maximum absolute atomic E-state index is 12.1. The fraction of sp³-hybridized carbons (Fsp3) is 0.364. The first kappa shape index (κ1) is 15.3. The fourth-order valence-electron chi connectivity index (χ4n) is 1.12. The summed E-state index contributed by atoms with van der Waals surface area (Å²) in [6.45, 7) is 1.92. The molecule has 0 atom stereocenters. The van der Waals surface area contributed by atoms with E-state index in [9.17, 15) is 4.79 Å². The van der Waals surface area contributed by atoms with Gasteiger partial charge in [0, 0.05) is 15.7 Å². The van der Waals surface area contributed by atoms with Crippen LogP contribution in [0.3, 0.4) is 0 Å². The van der Waals surface area contributed by atoms with Crippen LogP contribution >= 0.6 is 55.1 Å². The standard InChI is InChI=1S/C11H11Br2Cl2NO/c1-11(5-12,6-13)16-10(17)8-4-7(14)2-3-9(8)15/h2-4H,5-6H2,1H3,(H,16,17). The van der Waals surface area contributed by atoms with E-state index in [2.05, 4.69) is 37.2 Å². The monoisotopic (exact) mass is 401 g/mol. The van der Waals surface area contributed by atoms with Crippen molar-refractivity contribution < 1.29 is 4.79 Å². The predicted molar refractivity (Wildman–Crippen MR) is 79.9 cm³/mol. The van der Waals surface area contributed by atoms with E-state index in [1.165, 1.54) is 0 Å². The normalized spacial score (nSPS) is 11.4. The number of hydrogen-bond acceptors (Lipinski definition) is 1. The second-order valence-electron chi connectivity index (χ2n) is 3.91. The van der Waals surface area contributed by atoms with E-state index in [1.807, 2.05) is 6.92 Å². The highest BCUT2D eigenvalue weighted by Gasteiger charge is 2.25. The molecule has 2 nitrogen and oxygen atoms in total. The summed E-state index contributed by atoms with van der Waals surface area (Å²) in [6, 6.07) is 4.81. The third-order valence-corrected chi connectivity index (χ3v) is 5.22. The zero-order valence-corrected chi connectivity index (χ0v) is 13.8. The van der Waals surface area contributed by atoms with Gasteiger partial charge in [0.15, 0.2) is 0 Å². The van der Waals surface area contributed by atoms with Crippen LogP contribution in [0, 0.1) is 0 Å². The lowest BCUT2D eigenvalue weighted by molar-refractivity contribution is 0.0923. The molecule has 0 aliphatic heterocycles. The summed E-state index contributed by atoms with van der Waals surface area (Å²) in [5.41, 5.74) is 0.00946. The summed E-state index contributed by atoms with van der Waals surface area (Å²) in [5.74, 6) is -0.237. The van der Waals surface area contributed by atoms with Crippen molar-refractivity contribution in [3.63, 3.8) is 0 Å². The molecule has 1 aromatic carbocycles. The molecule has 0 radical (unpaired) electrons. The molecule has 94 valence electrons. The quantitative estimate of drug-likeness (QED) is 0.747. The Morgan fingerprint density at radius 1 is 1.35 bits per heavy atom. The maximum atomic E-state index is 12.1. The lowest BCUT2D eigenvalue weighted by Crippen LogP contribution is -2.49. The Labute approximate surface area is 127 Å². The van der Waals surface area contributed by atoms with Crippen molar-refractivity contribution in [2.45, 2.75) is 12.5 Å². The number of hydrogen-bond donors (Lipinski definition) is 1. The summed E-state index contributed by atoms with van der Waals surface area (Å²) < 4.78 is 0. The molecule has 6 heteroatoms. The van der Waals surface area contributed by atoms with Crippen molar-refractivity contribution in [1.82, 2.24) is 5.32 Å². The molecule has 0 aliphatic carbocycles. The molecular weight excluding hydrogens is 393 g/mol. The average Bonchev–Trinajstić information content (AvgIpc) is 2.32. The van der Waals surface area contributed by atoms with Crippen molar-refractivity contribution in [2.24, 2.45) is 0 Å². The molecule has 1 N–H and O–H groups in total. The Morgan fingerprint density at radius 2 is 1.94 bits per heavy atom. The molecule has 1 amide bonds. The topological polar surface area (TPSA) is 29.1 Å². The number of nitrogens with one attached hydrogen (secondary N) is 1. The Morgan fingerprint density at radius 3 is 2.47 bits per heavy atom. The molecule has 0 aromatic heterocycles. The summed E-state index contributed by atoms with van der Waals surface area (Å²) in [4.78, 5) is 12.1. The molecule has 1 rings (SSSR count). The van der Waals surface area contributed by atoms with Crippen molar-refractivity contribution in [1.29, 1.82) is 0 Å². The van der Waals surface area contributed by atoms with Gasteiger partial charge in [0.25, 0.3) is 5.91 Å². The van der Waals surface area contributed by atoms with Gasteiger partial charge in [-0.25, -0.2) is 0 Å². The van der Waals surface area contributed by atoms with E-state index >= 15 is 0 Å². The van der Waals surface area contributed by atoms with Gasteiger partial charge in [-0.3, -0.25) is 4.79 Å². The third kappa shape index (κ3) is 4.12. The van der Waals surface area contributed by atoms with Gasteiger partial charge in [0.2, 0.25) is 0 Å². The summed E-state index contributed by atoms with van der Waals surface area (Å²) in [5, 5.41) is 5.04. The fourth-order valence-corrected chi connectivity index (χ4v) is 2.70. The van der Waals surface area contributed by atoms with Crippen molar-refractivity contribution in [2.75, 3.05) is 10.7 Å². The average molecular weight is 404 g/mol. The van der Waals surface area contributed by atoms with E-state index in [0.717, 1.165) is 0 Å². The number of alkyl halides is 2. The SMILES string of the molecule is CC(CBr)(CBr)NC(=O)c1cc(Cl)ccc1Cl. The highest BCUT2D eigenvalue weighted by atomic mass is 79.9. The summed E-state index contributed by atoms with van der Waals surface area (Å²) in [6.07, 6.45) is 0. The predicted octanol–water partition coefficient (Wildman–Crippen LogP) is 4.27. The molecule has 17 heavy (non-hydrogen) atoms. The van der Waals surface area contributed by atoms with Crippen LogP contribution in [0.25, 0.3) is 0 Å². The molecule has 0 spiro atoms. The summed E-state index contributed by atoms with van der Waals surface area (Å²) >= 11 is 18.5. The van der Waals surface area contributed by atoms with Gasteiger partial charge >= 0.3 is 0 Å². The van der Waals surface area contributed by atoms with Crippen LogP contribution in [-0.4, -0.2) is 22.1 Å². The largest absolute Gasteiger partial charge is 0.345 e. The Bertz CT molecular complexity index is 422. The van der Waals surface area contributed by atoms with Gasteiger partial charge in [-0.1, -0.05) is 55.1 Å². The van der Waals surface area contributed by atoms with Crippen LogP contribution in [0.5, 0.6) is 0 Å². The molecule has 0 fully saturated rings. The van der Waals surface area contributed by atoms with Crippen LogP contribution < -0.4 is 5.32 Å². The minimum Gasteiger partial charge on any atom is -0.345 e. The second-order valence-corrected chi connectivity index (χ2v) is 5.87. The number of halogens is 4. The minimum absolute atomic E-state index is 0.237. The summed E-state index contributed by atoms with van der Waals surface area (Å²) in [7, 11) is 0. The maximum Gasteiger partial charge on any atom is 0.253 e. The van der Waals surface area contributed by atoms with Crippen LogP contribution in [0.1, 0.15) is 17.3 Å². The molecular formula is C11H11Br2Cl2NO. The van der Waals surface area contributed by atoms with Gasteiger partial charge < -0.3 is 5.32 Å². The number of amides is 1. The molecule has 0 aliphatic rings. The highest BCUT2D eigenvalue weighted by molar-refractivity contribution is 9.09. The number of carbonyl (C=O) groups excluding carboxylic acids is 1. The van der Waals surface area contributed by atoms with Gasteiger partial charge in [0.1, 0.15) is 0 Å². The first-order chi connectivity index (χ1) is 7.91.